The summed E-state index contributed by atoms with van der Waals surface area (Å²) in [6, 6.07) is 10.7. The van der Waals surface area contributed by atoms with Crippen molar-refractivity contribution < 1.29 is 23.1 Å². The molecule has 2 N–H and O–H groups in total. The van der Waals surface area contributed by atoms with Crippen LogP contribution >= 0.6 is 0 Å². The molecule has 116 valence electrons. The van der Waals surface area contributed by atoms with Crippen LogP contribution in [0.5, 0.6) is 0 Å². The zero-order valence-electron chi connectivity index (χ0n) is 11.4. The van der Waals surface area contributed by atoms with Crippen LogP contribution in [0, 0.1) is 5.41 Å². The van der Waals surface area contributed by atoms with Gasteiger partial charge in [-0.2, -0.15) is 13.2 Å². The van der Waals surface area contributed by atoms with Crippen molar-refractivity contribution in [1.82, 2.24) is 10.2 Å². The Morgan fingerprint density at radius 3 is 2.14 bits per heavy atom. The van der Waals surface area contributed by atoms with Crippen LogP contribution in [0.3, 0.4) is 0 Å². The largest absolute Gasteiger partial charge is 0.490 e. The smallest absolute Gasteiger partial charge is 0.475 e. The SMILES string of the molecule is O=C(O)C(F)(F)F.c1ccc(CN2CC3(CNC3)C2)cc1. The lowest BCUT2D eigenvalue weighted by Gasteiger charge is -2.56. The van der Waals surface area contributed by atoms with E-state index in [1.807, 2.05) is 0 Å². The fourth-order valence-electron chi connectivity index (χ4n) is 2.56. The Hall–Kier alpha value is -1.60. The average molecular weight is 302 g/mol. The van der Waals surface area contributed by atoms with Crippen LogP contribution in [0.2, 0.25) is 0 Å². The topological polar surface area (TPSA) is 52.6 Å². The Balaban J connectivity index is 0.000000199. The van der Waals surface area contributed by atoms with Gasteiger partial charge >= 0.3 is 12.1 Å². The van der Waals surface area contributed by atoms with E-state index in [0.717, 1.165) is 6.54 Å². The number of nitrogens with one attached hydrogen (secondary N) is 1. The highest BCUT2D eigenvalue weighted by Crippen LogP contribution is 2.34. The van der Waals surface area contributed by atoms with Crippen LogP contribution < -0.4 is 5.32 Å². The minimum atomic E-state index is -5.08. The summed E-state index contributed by atoms with van der Waals surface area (Å²) in [5.74, 6) is -2.76. The van der Waals surface area contributed by atoms with E-state index < -0.39 is 12.1 Å². The van der Waals surface area contributed by atoms with E-state index in [-0.39, 0.29) is 0 Å². The molecule has 2 fully saturated rings. The number of likely N-dealkylation sites (tertiary alicyclic amines) is 1. The Kier molecular flexibility index (Phi) is 4.53. The second kappa shape index (κ2) is 6.03. The van der Waals surface area contributed by atoms with Crippen LogP contribution in [0.25, 0.3) is 0 Å². The van der Waals surface area contributed by atoms with Crippen molar-refractivity contribution in [2.45, 2.75) is 12.7 Å². The molecule has 0 radical (unpaired) electrons. The number of carbonyl (C=O) groups is 1. The van der Waals surface area contributed by atoms with Gasteiger partial charge in [0.25, 0.3) is 0 Å². The molecule has 2 heterocycles. The molecule has 7 heteroatoms. The van der Waals surface area contributed by atoms with E-state index >= 15 is 0 Å². The molecular weight excluding hydrogens is 285 g/mol. The van der Waals surface area contributed by atoms with Crippen molar-refractivity contribution in [2.75, 3.05) is 26.2 Å². The lowest BCUT2D eigenvalue weighted by Crippen LogP contribution is -2.70. The molecule has 21 heavy (non-hydrogen) atoms. The summed E-state index contributed by atoms with van der Waals surface area (Å²) in [6.45, 7) is 6.17. The maximum absolute atomic E-state index is 10.6. The normalized spacial score (nSPS) is 20.0. The first-order valence-corrected chi connectivity index (χ1v) is 6.58. The van der Waals surface area contributed by atoms with Gasteiger partial charge in [0.1, 0.15) is 0 Å². The van der Waals surface area contributed by atoms with Crippen molar-refractivity contribution in [3.63, 3.8) is 0 Å². The van der Waals surface area contributed by atoms with Gasteiger partial charge in [-0.05, 0) is 5.56 Å². The number of carboxylic acid groups (broad SMARTS) is 1. The molecule has 0 amide bonds. The van der Waals surface area contributed by atoms with Gasteiger partial charge in [0.2, 0.25) is 0 Å². The number of hydrogen-bond donors (Lipinski definition) is 2. The van der Waals surface area contributed by atoms with E-state index in [1.165, 1.54) is 31.7 Å². The van der Waals surface area contributed by atoms with Crippen molar-refractivity contribution in [3.05, 3.63) is 35.9 Å². The summed E-state index contributed by atoms with van der Waals surface area (Å²) in [5.41, 5.74) is 2.10. The molecule has 0 saturated carbocycles. The van der Waals surface area contributed by atoms with Gasteiger partial charge < -0.3 is 10.4 Å². The van der Waals surface area contributed by atoms with Gasteiger partial charge in [-0.1, -0.05) is 30.3 Å². The zero-order valence-corrected chi connectivity index (χ0v) is 11.4. The average Bonchev–Trinajstić information content (AvgIpc) is 2.32. The number of nitrogens with zero attached hydrogens (tertiary/aromatic N) is 1. The first kappa shape index (κ1) is 15.8. The molecule has 4 nitrogen and oxygen atoms in total. The minimum absolute atomic E-state index is 0.661. The fourth-order valence-corrected chi connectivity index (χ4v) is 2.56. The maximum atomic E-state index is 10.6. The maximum Gasteiger partial charge on any atom is 0.490 e. The van der Waals surface area contributed by atoms with Gasteiger partial charge in [0.05, 0.1) is 0 Å². The standard InChI is InChI=1S/C12H16N2.C2HF3O2/c1-2-4-11(5-3-1)6-14-9-12(10-14)7-13-8-12;3-2(4,5)1(6)7/h1-5,13H,6-10H2;(H,6,7). The molecule has 0 unspecified atom stereocenters. The highest BCUT2D eigenvalue weighted by Gasteiger charge is 2.46. The summed E-state index contributed by atoms with van der Waals surface area (Å²) < 4.78 is 31.7. The molecule has 1 aromatic carbocycles. The molecule has 2 aliphatic rings. The monoisotopic (exact) mass is 302 g/mol. The molecule has 0 atom stereocenters. The predicted molar refractivity (Wildman–Crippen MR) is 70.7 cm³/mol. The molecule has 3 rings (SSSR count). The van der Waals surface area contributed by atoms with Gasteiger partial charge in [-0.3, -0.25) is 4.90 Å². The van der Waals surface area contributed by atoms with Crippen LogP contribution in [-0.2, 0) is 11.3 Å². The lowest BCUT2D eigenvalue weighted by molar-refractivity contribution is -0.192. The van der Waals surface area contributed by atoms with E-state index in [0.29, 0.717) is 5.41 Å². The van der Waals surface area contributed by atoms with Crippen molar-refractivity contribution in [1.29, 1.82) is 0 Å². The van der Waals surface area contributed by atoms with E-state index in [2.05, 4.69) is 40.5 Å². The van der Waals surface area contributed by atoms with E-state index in [1.54, 1.807) is 0 Å². The van der Waals surface area contributed by atoms with E-state index in [4.69, 9.17) is 9.90 Å². The van der Waals surface area contributed by atoms with Gasteiger partial charge in [-0.25, -0.2) is 4.79 Å². The van der Waals surface area contributed by atoms with Gasteiger partial charge in [0.15, 0.2) is 0 Å². The predicted octanol–water partition coefficient (Wildman–Crippen LogP) is 1.73. The molecule has 1 spiro atoms. The highest BCUT2D eigenvalue weighted by atomic mass is 19.4. The molecule has 2 saturated heterocycles. The quantitative estimate of drug-likeness (QED) is 0.873. The summed E-state index contributed by atoms with van der Waals surface area (Å²) in [6.07, 6.45) is -5.08. The van der Waals surface area contributed by atoms with E-state index in [9.17, 15) is 13.2 Å². The number of hydrogen-bond acceptors (Lipinski definition) is 3. The van der Waals surface area contributed by atoms with Gasteiger partial charge in [-0.15, -0.1) is 0 Å². The Bertz CT molecular complexity index is 479. The number of halogens is 3. The zero-order chi connectivity index (χ0) is 15.5. The summed E-state index contributed by atoms with van der Waals surface area (Å²) in [7, 11) is 0. The van der Waals surface area contributed by atoms with Crippen LogP contribution in [0.15, 0.2) is 30.3 Å². The Morgan fingerprint density at radius 2 is 1.76 bits per heavy atom. The third kappa shape index (κ3) is 4.18. The number of carboxylic acids is 1. The van der Waals surface area contributed by atoms with Crippen molar-refractivity contribution in [3.8, 4) is 0 Å². The molecule has 0 bridgehead atoms. The van der Waals surface area contributed by atoms with Crippen LogP contribution in [0.1, 0.15) is 5.56 Å². The second-order valence-corrected chi connectivity index (χ2v) is 5.54. The van der Waals surface area contributed by atoms with Crippen LogP contribution in [-0.4, -0.2) is 48.3 Å². The summed E-state index contributed by atoms with van der Waals surface area (Å²) in [4.78, 5) is 11.4. The number of benzene rings is 1. The lowest BCUT2D eigenvalue weighted by atomic mass is 9.74. The summed E-state index contributed by atoms with van der Waals surface area (Å²) in [5, 5.41) is 10.5. The third-order valence-corrected chi connectivity index (χ3v) is 3.61. The second-order valence-electron chi connectivity index (χ2n) is 5.54. The van der Waals surface area contributed by atoms with Crippen molar-refractivity contribution in [2.24, 2.45) is 5.41 Å². The number of rotatable bonds is 2. The number of alkyl halides is 3. The first-order chi connectivity index (χ1) is 9.81. The first-order valence-electron chi connectivity index (χ1n) is 6.58. The van der Waals surface area contributed by atoms with Crippen LogP contribution in [0.4, 0.5) is 13.2 Å². The molecule has 0 aliphatic carbocycles. The highest BCUT2D eigenvalue weighted by molar-refractivity contribution is 5.73. The Labute approximate surface area is 120 Å². The third-order valence-electron chi connectivity index (χ3n) is 3.61. The minimum Gasteiger partial charge on any atom is -0.475 e. The van der Waals surface area contributed by atoms with Gasteiger partial charge in [0, 0.05) is 38.1 Å². The number of aliphatic carboxylic acids is 1. The fraction of sp³-hybridized carbons (Fsp3) is 0.500. The molecule has 0 aromatic heterocycles. The summed E-state index contributed by atoms with van der Waals surface area (Å²) >= 11 is 0. The molecule has 1 aromatic rings. The Morgan fingerprint density at radius 1 is 1.24 bits per heavy atom. The molecule has 2 aliphatic heterocycles. The van der Waals surface area contributed by atoms with Crippen molar-refractivity contribution >= 4 is 5.97 Å². The molecular formula is C14H17F3N2O2.